The first-order valence-electron chi connectivity index (χ1n) is 6.71. The topological polar surface area (TPSA) is 74.7 Å². The van der Waals surface area contributed by atoms with E-state index in [1.807, 2.05) is 13.8 Å². The van der Waals surface area contributed by atoms with Crippen LogP contribution >= 0.6 is 15.9 Å². The molecule has 1 heterocycles. The Morgan fingerprint density at radius 1 is 1.38 bits per heavy atom. The van der Waals surface area contributed by atoms with E-state index in [1.165, 1.54) is 4.31 Å². The molecule has 5 nitrogen and oxygen atoms in total. The number of nitrogens with zero attached hydrogens (tertiary/aromatic N) is 1. The fourth-order valence-electron chi connectivity index (χ4n) is 2.60. The number of halogens is 1. The smallest absolute Gasteiger partial charge is 0.307 e. The lowest BCUT2D eigenvalue weighted by Gasteiger charge is -2.33. The first kappa shape index (κ1) is 16.5. The van der Waals surface area contributed by atoms with Gasteiger partial charge in [-0.2, -0.15) is 4.31 Å². The average molecular weight is 376 g/mol. The van der Waals surface area contributed by atoms with Crippen LogP contribution in [0.25, 0.3) is 0 Å². The van der Waals surface area contributed by atoms with Crippen molar-refractivity contribution in [3.05, 3.63) is 28.2 Å². The van der Waals surface area contributed by atoms with Gasteiger partial charge in [0, 0.05) is 17.6 Å². The lowest BCUT2D eigenvalue weighted by molar-refractivity contribution is -0.143. The Hall–Kier alpha value is -0.920. The molecule has 21 heavy (non-hydrogen) atoms. The van der Waals surface area contributed by atoms with E-state index in [1.54, 1.807) is 18.2 Å². The van der Waals surface area contributed by atoms with E-state index in [0.29, 0.717) is 13.0 Å². The van der Waals surface area contributed by atoms with Crippen LogP contribution in [-0.4, -0.2) is 36.9 Å². The van der Waals surface area contributed by atoms with Crippen LogP contribution in [0.4, 0.5) is 0 Å². The second kappa shape index (κ2) is 6.06. The van der Waals surface area contributed by atoms with Gasteiger partial charge in [0.2, 0.25) is 10.0 Å². The van der Waals surface area contributed by atoms with Crippen molar-refractivity contribution in [1.82, 2.24) is 4.31 Å². The fraction of sp³-hybridized carbons (Fsp3) is 0.500. The van der Waals surface area contributed by atoms with Gasteiger partial charge in [0.25, 0.3) is 0 Å². The molecule has 1 saturated heterocycles. The highest BCUT2D eigenvalue weighted by Gasteiger charge is 2.36. The minimum atomic E-state index is -3.65. The molecule has 0 aliphatic carbocycles. The minimum Gasteiger partial charge on any atom is -0.481 e. The molecule has 2 unspecified atom stereocenters. The molecule has 1 aliphatic heterocycles. The Morgan fingerprint density at radius 3 is 2.62 bits per heavy atom. The summed E-state index contributed by atoms with van der Waals surface area (Å²) in [7, 11) is -3.65. The first-order chi connectivity index (χ1) is 9.71. The molecule has 7 heteroatoms. The number of hydrogen-bond acceptors (Lipinski definition) is 3. The number of aryl methyl sites for hydroxylation is 1. The van der Waals surface area contributed by atoms with Gasteiger partial charge in [-0.25, -0.2) is 8.42 Å². The molecule has 0 bridgehead atoms. The van der Waals surface area contributed by atoms with Crippen LogP contribution in [-0.2, 0) is 14.8 Å². The molecular weight excluding hydrogens is 358 g/mol. The average Bonchev–Trinajstić information content (AvgIpc) is 2.41. The third kappa shape index (κ3) is 3.46. The largest absolute Gasteiger partial charge is 0.481 e. The van der Waals surface area contributed by atoms with Crippen molar-refractivity contribution >= 4 is 31.9 Å². The fourth-order valence-corrected chi connectivity index (χ4v) is 4.54. The van der Waals surface area contributed by atoms with Crippen LogP contribution in [0.2, 0.25) is 0 Å². The maximum atomic E-state index is 12.7. The highest BCUT2D eigenvalue weighted by atomic mass is 79.9. The van der Waals surface area contributed by atoms with Gasteiger partial charge < -0.3 is 5.11 Å². The molecule has 2 rings (SSSR count). The van der Waals surface area contributed by atoms with Gasteiger partial charge in [-0.3, -0.25) is 4.79 Å². The Kier molecular flexibility index (Phi) is 4.75. The van der Waals surface area contributed by atoms with E-state index >= 15 is 0 Å². The Morgan fingerprint density at radius 2 is 2.05 bits per heavy atom. The van der Waals surface area contributed by atoms with Crippen molar-refractivity contribution in [2.75, 3.05) is 13.1 Å². The maximum absolute atomic E-state index is 12.7. The molecule has 0 radical (unpaired) electrons. The molecule has 0 amide bonds. The molecule has 116 valence electrons. The van der Waals surface area contributed by atoms with Crippen LogP contribution in [0.15, 0.2) is 27.6 Å². The van der Waals surface area contributed by atoms with Crippen molar-refractivity contribution in [2.24, 2.45) is 11.8 Å². The molecule has 1 N–H and O–H groups in total. The maximum Gasteiger partial charge on any atom is 0.307 e. The molecule has 2 atom stereocenters. The quantitative estimate of drug-likeness (QED) is 0.880. The normalized spacial score (nSPS) is 24.0. The number of carbonyl (C=O) groups is 1. The second-order valence-corrected chi connectivity index (χ2v) is 8.40. The van der Waals surface area contributed by atoms with Gasteiger partial charge in [-0.05, 0) is 43.0 Å². The Labute approximate surface area is 133 Å². The molecule has 0 saturated carbocycles. The third-order valence-electron chi connectivity index (χ3n) is 3.74. The number of benzene rings is 1. The summed E-state index contributed by atoms with van der Waals surface area (Å²) < 4.78 is 27.5. The lowest BCUT2D eigenvalue weighted by atomic mass is 9.92. The number of carboxylic acid groups (broad SMARTS) is 1. The van der Waals surface area contributed by atoms with E-state index in [0.717, 1.165) is 10.0 Å². The summed E-state index contributed by atoms with van der Waals surface area (Å²) in [6.07, 6.45) is 0.515. The van der Waals surface area contributed by atoms with E-state index in [-0.39, 0.29) is 17.4 Å². The monoisotopic (exact) mass is 375 g/mol. The summed E-state index contributed by atoms with van der Waals surface area (Å²) in [6.45, 7) is 4.10. The molecule has 1 aromatic carbocycles. The van der Waals surface area contributed by atoms with Crippen molar-refractivity contribution in [2.45, 2.75) is 25.2 Å². The van der Waals surface area contributed by atoms with Crippen molar-refractivity contribution in [3.63, 3.8) is 0 Å². The zero-order valence-corrected chi connectivity index (χ0v) is 14.3. The van der Waals surface area contributed by atoms with E-state index in [4.69, 9.17) is 5.11 Å². The van der Waals surface area contributed by atoms with E-state index < -0.39 is 21.9 Å². The van der Waals surface area contributed by atoms with Gasteiger partial charge in [0.1, 0.15) is 0 Å². The van der Waals surface area contributed by atoms with E-state index in [2.05, 4.69) is 15.9 Å². The van der Waals surface area contributed by atoms with Gasteiger partial charge in [0.15, 0.2) is 0 Å². The van der Waals surface area contributed by atoms with Crippen molar-refractivity contribution in [1.29, 1.82) is 0 Å². The second-order valence-electron chi connectivity index (χ2n) is 5.61. The van der Waals surface area contributed by atoms with Crippen LogP contribution in [0.1, 0.15) is 18.9 Å². The number of rotatable bonds is 3. The minimum absolute atomic E-state index is 0.0335. The highest BCUT2D eigenvalue weighted by Crippen LogP contribution is 2.28. The molecule has 0 aromatic heterocycles. The van der Waals surface area contributed by atoms with Crippen LogP contribution < -0.4 is 0 Å². The van der Waals surface area contributed by atoms with Crippen molar-refractivity contribution < 1.29 is 18.3 Å². The Balaban J connectivity index is 2.33. The number of sulfonamides is 1. The summed E-state index contributed by atoms with van der Waals surface area (Å²) in [4.78, 5) is 11.4. The summed E-state index contributed by atoms with van der Waals surface area (Å²) in [5, 5.41) is 9.16. The van der Waals surface area contributed by atoms with Gasteiger partial charge in [-0.1, -0.05) is 22.9 Å². The van der Waals surface area contributed by atoms with Crippen LogP contribution in [0, 0.1) is 18.8 Å². The van der Waals surface area contributed by atoms with Crippen LogP contribution in [0.5, 0.6) is 0 Å². The SMILES string of the molecule is Cc1cc(S(=O)(=O)N2CC(C)CC(C(=O)O)C2)ccc1Br. The zero-order chi connectivity index (χ0) is 15.8. The van der Waals surface area contributed by atoms with Gasteiger partial charge in [-0.15, -0.1) is 0 Å². The third-order valence-corrected chi connectivity index (χ3v) is 6.46. The summed E-state index contributed by atoms with van der Waals surface area (Å²) in [5.74, 6) is -1.54. The summed E-state index contributed by atoms with van der Waals surface area (Å²) in [6, 6.07) is 4.85. The lowest BCUT2D eigenvalue weighted by Crippen LogP contribution is -2.45. The number of aliphatic carboxylic acids is 1. The molecular formula is C14H18BrNO4S. The Bertz CT molecular complexity index is 659. The number of hydrogen-bond donors (Lipinski definition) is 1. The molecule has 1 fully saturated rings. The number of piperidine rings is 1. The zero-order valence-electron chi connectivity index (χ0n) is 11.9. The van der Waals surface area contributed by atoms with E-state index in [9.17, 15) is 13.2 Å². The predicted octanol–water partition coefficient (Wildman–Crippen LogP) is 2.49. The standard InChI is InChI=1S/C14H18BrNO4S/c1-9-5-11(14(17)18)8-16(7-9)21(19,20)12-3-4-13(15)10(2)6-12/h3-4,6,9,11H,5,7-8H2,1-2H3,(H,17,18). The van der Waals surface area contributed by atoms with Gasteiger partial charge in [0.05, 0.1) is 10.8 Å². The highest BCUT2D eigenvalue weighted by molar-refractivity contribution is 9.10. The summed E-state index contributed by atoms with van der Waals surface area (Å²) >= 11 is 3.34. The molecule has 1 aliphatic rings. The summed E-state index contributed by atoms with van der Waals surface area (Å²) in [5.41, 5.74) is 0.830. The van der Waals surface area contributed by atoms with Gasteiger partial charge >= 0.3 is 5.97 Å². The predicted molar refractivity (Wildman–Crippen MR) is 82.5 cm³/mol. The van der Waals surface area contributed by atoms with Crippen LogP contribution in [0.3, 0.4) is 0 Å². The molecule has 0 spiro atoms. The van der Waals surface area contributed by atoms with Crippen molar-refractivity contribution in [3.8, 4) is 0 Å². The first-order valence-corrected chi connectivity index (χ1v) is 8.94. The molecule has 1 aromatic rings. The number of carboxylic acids is 1.